The molecule has 10 heteroatoms. The Morgan fingerprint density at radius 2 is 1.55 bits per heavy atom. The van der Waals surface area contributed by atoms with Crippen LogP contribution in [0.25, 0.3) is 0 Å². The normalized spacial score (nSPS) is 12.6. The van der Waals surface area contributed by atoms with Gasteiger partial charge in [0.15, 0.2) is 11.9 Å². The molecule has 9 nitrogen and oxygen atoms in total. The minimum atomic E-state index is -4.06. The molecule has 0 heterocycles. The molecule has 0 fully saturated rings. The van der Waals surface area contributed by atoms with Crippen LogP contribution in [-0.2, 0) is 32.6 Å². The summed E-state index contributed by atoms with van der Waals surface area (Å²) in [6, 6.07) is 25.7. The van der Waals surface area contributed by atoms with Gasteiger partial charge in [0.05, 0.1) is 13.7 Å². The molecule has 0 bridgehead atoms. The van der Waals surface area contributed by atoms with Crippen LogP contribution in [0.15, 0.2) is 84.9 Å². The molecule has 0 aliphatic carbocycles. The average Bonchev–Trinajstić information content (AvgIpc) is 3.01. The Hall–Kier alpha value is -3.89. The number of amides is 1. The van der Waals surface area contributed by atoms with Crippen molar-refractivity contribution in [2.45, 2.75) is 45.8 Å². The summed E-state index contributed by atoms with van der Waals surface area (Å²) in [5, 5.41) is 0. The number of carbonyl (C=O) groups is 2. The van der Waals surface area contributed by atoms with E-state index in [2.05, 4.69) is 4.72 Å². The van der Waals surface area contributed by atoms with E-state index in [-0.39, 0.29) is 19.1 Å². The monoisotopic (exact) mass is 596 g/mol. The smallest absolute Gasteiger partial charge is 0.411 e. The van der Waals surface area contributed by atoms with Gasteiger partial charge in [-0.05, 0) is 42.0 Å². The molecule has 3 rings (SSSR count). The van der Waals surface area contributed by atoms with E-state index in [1.165, 1.54) is 7.11 Å². The molecule has 226 valence electrons. The maximum absolute atomic E-state index is 13.3. The first-order valence-corrected chi connectivity index (χ1v) is 15.6. The largest absolute Gasteiger partial charge is 0.497 e. The summed E-state index contributed by atoms with van der Waals surface area (Å²) in [5.41, 5.74) is 1.82. The molecule has 0 aliphatic rings. The van der Waals surface area contributed by atoms with Gasteiger partial charge in [-0.3, -0.25) is 9.69 Å². The Labute approximate surface area is 248 Å². The summed E-state index contributed by atoms with van der Waals surface area (Å²) >= 11 is 0. The average molecular weight is 597 g/mol. The third-order valence-electron chi connectivity index (χ3n) is 6.70. The highest BCUT2D eigenvalue weighted by molar-refractivity contribution is 7.89. The second kappa shape index (κ2) is 16.5. The highest BCUT2D eigenvalue weighted by Crippen LogP contribution is 2.22. The highest BCUT2D eigenvalue weighted by atomic mass is 32.2. The summed E-state index contributed by atoms with van der Waals surface area (Å²) in [6.45, 7) is 3.61. The number of ether oxygens (including phenoxy) is 3. The minimum absolute atomic E-state index is 0.0212. The van der Waals surface area contributed by atoms with E-state index >= 15 is 0 Å². The third kappa shape index (κ3) is 11.2. The van der Waals surface area contributed by atoms with Crippen molar-refractivity contribution < 1.29 is 32.2 Å². The Morgan fingerprint density at radius 1 is 0.905 bits per heavy atom. The van der Waals surface area contributed by atoms with Gasteiger partial charge < -0.3 is 14.2 Å². The van der Waals surface area contributed by atoms with Crippen molar-refractivity contribution in [3.05, 3.63) is 96.1 Å². The molecular weight excluding hydrogens is 556 g/mol. The number of hydrogen-bond acceptors (Lipinski definition) is 7. The van der Waals surface area contributed by atoms with Crippen molar-refractivity contribution in [3.63, 3.8) is 0 Å². The van der Waals surface area contributed by atoms with Crippen molar-refractivity contribution in [2.75, 3.05) is 26.1 Å². The molecule has 3 aromatic rings. The number of nitrogens with one attached hydrogen (secondary N) is 1. The van der Waals surface area contributed by atoms with E-state index in [9.17, 15) is 18.0 Å². The van der Waals surface area contributed by atoms with E-state index in [1.807, 2.05) is 74.5 Å². The molecular formula is C32H40N2O7S. The van der Waals surface area contributed by atoms with Gasteiger partial charge in [0.2, 0.25) is 10.0 Å². The van der Waals surface area contributed by atoms with Gasteiger partial charge in [-0.2, -0.15) is 0 Å². The summed E-state index contributed by atoms with van der Waals surface area (Å²) in [4.78, 5) is 27.3. The van der Waals surface area contributed by atoms with Gasteiger partial charge in [-0.1, -0.05) is 87.0 Å². The number of ketones is 1. The van der Waals surface area contributed by atoms with Gasteiger partial charge in [0, 0.05) is 12.6 Å². The molecule has 0 saturated carbocycles. The quantitative estimate of drug-likeness (QED) is 0.228. The Morgan fingerprint density at radius 3 is 2.19 bits per heavy atom. The fraction of sp³-hybridized carbons (Fsp3) is 0.375. The maximum Gasteiger partial charge on any atom is 0.411 e. The third-order valence-corrected chi connectivity index (χ3v) is 7.94. The predicted octanol–water partition coefficient (Wildman–Crippen LogP) is 5.21. The van der Waals surface area contributed by atoms with Gasteiger partial charge in [0.1, 0.15) is 24.0 Å². The molecule has 42 heavy (non-hydrogen) atoms. The first-order chi connectivity index (χ1) is 20.2. The summed E-state index contributed by atoms with van der Waals surface area (Å²) in [5.74, 6) is -0.0151. The molecule has 0 aliphatic heterocycles. The zero-order valence-electron chi connectivity index (χ0n) is 24.4. The van der Waals surface area contributed by atoms with Crippen LogP contribution in [0.2, 0.25) is 0 Å². The van der Waals surface area contributed by atoms with Crippen LogP contribution >= 0.6 is 0 Å². The fourth-order valence-corrected chi connectivity index (χ4v) is 5.18. The molecule has 2 unspecified atom stereocenters. The number of benzene rings is 3. The number of methoxy groups -OCH3 is 1. The summed E-state index contributed by atoms with van der Waals surface area (Å²) < 4.78 is 45.2. The molecule has 0 aromatic heterocycles. The van der Waals surface area contributed by atoms with Crippen molar-refractivity contribution in [2.24, 2.45) is 5.92 Å². The number of aryl methyl sites for hydroxylation is 1. The summed E-state index contributed by atoms with van der Waals surface area (Å²) in [7, 11) is -2.53. The number of Topliss-reactive ketones (excluding diaryl/α,β-unsaturated/α-hetero) is 1. The molecule has 3 aromatic carbocycles. The number of sulfonamides is 1. The van der Waals surface area contributed by atoms with Gasteiger partial charge in [0.25, 0.3) is 0 Å². The van der Waals surface area contributed by atoms with Gasteiger partial charge in [-0.15, -0.1) is 0 Å². The number of nitrogens with zero attached hydrogens (tertiary/aromatic N) is 1. The SMILES string of the molecule is CCC(C)CN(CS(=O)(=O)NCC(=O)C(CCc1ccccc1)Oc1cccc(OC)c1)C(=O)OCc1ccccc1. The van der Waals surface area contributed by atoms with Gasteiger partial charge >= 0.3 is 6.09 Å². The zero-order valence-corrected chi connectivity index (χ0v) is 25.2. The molecule has 2 atom stereocenters. The van der Waals surface area contributed by atoms with E-state index in [1.54, 1.807) is 24.3 Å². The van der Waals surface area contributed by atoms with Crippen molar-refractivity contribution in [1.82, 2.24) is 9.62 Å². The number of hydrogen-bond donors (Lipinski definition) is 1. The first-order valence-electron chi connectivity index (χ1n) is 14.0. The van der Waals surface area contributed by atoms with Crippen LogP contribution in [0.1, 0.15) is 37.8 Å². The first kappa shape index (κ1) is 32.6. The Balaban J connectivity index is 1.66. The molecule has 0 radical (unpaired) electrons. The van der Waals surface area contributed by atoms with Crippen LogP contribution < -0.4 is 14.2 Å². The van der Waals surface area contributed by atoms with Gasteiger partial charge in [-0.25, -0.2) is 17.9 Å². The van der Waals surface area contributed by atoms with E-state index in [4.69, 9.17) is 14.2 Å². The van der Waals surface area contributed by atoms with Crippen molar-refractivity contribution >= 4 is 21.9 Å². The molecule has 1 amide bonds. The fourth-order valence-electron chi connectivity index (χ4n) is 4.11. The topological polar surface area (TPSA) is 111 Å². The standard InChI is InChI=1S/C32H40N2O7S/c1-4-25(2)22-34(32(36)40-23-27-14-9-6-10-15-27)24-42(37,38)33-21-30(35)31(19-18-26-12-7-5-8-13-26)41-29-17-11-16-28(20-29)39-3/h5-17,20,25,31,33H,4,18-19,21-24H2,1-3H3. The Kier molecular flexibility index (Phi) is 12.8. The lowest BCUT2D eigenvalue weighted by molar-refractivity contribution is -0.124. The van der Waals surface area contributed by atoms with E-state index in [0.717, 1.165) is 22.4 Å². The molecule has 0 spiro atoms. The zero-order chi connectivity index (χ0) is 30.4. The second-order valence-electron chi connectivity index (χ2n) is 10.1. The minimum Gasteiger partial charge on any atom is -0.497 e. The van der Waals surface area contributed by atoms with Crippen molar-refractivity contribution in [3.8, 4) is 11.5 Å². The number of rotatable bonds is 17. The van der Waals surface area contributed by atoms with Crippen LogP contribution in [0.5, 0.6) is 11.5 Å². The lowest BCUT2D eigenvalue weighted by atomic mass is 10.0. The maximum atomic E-state index is 13.3. The lowest BCUT2D eigenvalue weighted by Crippen LogP contribution is -2.45. The van der Waals surface area contributed by atoms with Crippen LogP contribution in [0, 0.1) is 5.92 Å². The highest BCUT2D eigenvalue weighted by Gasteiger charge is 2.27. The van der Waals surface area contributed by atoms with E-state index in [0.29, 0.717) is 24.3 Å². The molecule has 1 N–H and O–H groups in total. The molecule has 0 saturated heterocycles. The van der Waals surface area contributed by atoms with Crippen molar-refractivity contribution in [1.29, 1.82) is 0 Å². The second-order valence-corrected chi connectivity index (χ2v) is 11.9. The predicted molar refractivity (Wildman–Crippen MR) is 162 cm³/mol. The Bertz CT molecular complexity index is 1370. The van der Waals surface area contributed by atoms with Crippen LogP contribution in [0.4, 0.5) is 4.79 Å². The number of carbonyl (C=O) groups excluding carboxylic acids is 2. The summed E-state index contributed by atoms with van der Waals surface area (Å²) in [6.07, 6.45) is 0.00144. The van der Waals surface area contributed by atoms with Crippen LogP contribution in [0.3, 0.4) is 0 Å². The van der Waals surface area contributed by atoms with Crippen LogP contribution in [-0.4, -0.2) is 57.4 Å². The lowest BCUT2D eigenvalue weighted by Gasteiger charge is -2.25. The van der Waals surface area contributed by atoms with E-state index < -0.39 is 40.4 Å².